The van der Waals surface area contributed by atoms with E-state index in [4.69, 9.17) is 26.2 Å². The van der Waals surface area contributed by atoms with Crippen molar-refractivity contribution in [3.63, 3.8) is 0 Å². The first kappa shape index (κ1) is 17.6. The van der Waals surface area contributed by atoms with Crippen LogP contribution in [0.2, 0.25) is 5.02 Å². The van der Waals surface area contributed by atoms with Crippen molar-refractivity contribution in [2.24, 2.45) is 0 Å². The summed E-state index contributed by atoms with van der Waals surface area (Å²) in [6.07, 6.45) is 0.880. The van der Waals surface area contributed by atoms with Gasteiger partial charge in [-0.25, -0.2) is 0 Å². The van der Waals surface area contributed by atoms with Crippen LogP contribution < -0.4 is 9.47 Å². The number of halogens is 1. The van der Waals surface area contributed by atoms with Gasteiger partial charge in [-0.2, -0.15) is 0 Å². The predicted octanol–water partition coefficient (Wildman–Crippen LogP) is 3.04. The molecule has 21 heavy (non-hydrogen) atoms. The summed E-state index contributed by atoms with van der Waals surface area (Å²) >= 11 is 6.26. The fraction of sp³-hybridized carbons (Fsp3) is 0.533. The van der Waals surface area contributed by atoms with Crippen LogP contribution in [-0.2, 0) is 11.3 Å². The molecule has 0 heterocycles. The average Bonchev–Trinajstić information content (AvgIpc) is 2.37. The maximum Gasteiger partial charge on any atom is 0.317 e. The van der Waals surface area contributed by atoms with E-state index < -0.39 is 5.97 Å². The zero-order valence-electron chi connectivity index (χ0n) is 12.7. The van der Waals surface area contributed by atoms with E-state index in [-0.39, 0.29) is 6.54 Å². The first-order valence-corrected chi connectivity index (χ1v) is 7.34. The number of hydrogen-bond donors (Lipinski definition) is 1. The van der Waals surface area contributed by atoms with E-state index in [1.165, 1.54) is 0 Å². The van der Waals surface area contributed by atoms with Crippen molar-refractivity contribution >= 4 is 17.6 Å². The van der Waals surface area contributed by atoms with Crippen LogP contribution in [0.1, 0.15) is 25.8 Å². The maximum atomic E-state index is 10.7. The average molecular weight is 316 g/mol. The van der Waals surface area contributed by atoms with Gasteiger partial charge in [0, 0.05) is 6.54 Å². The number of carboxylic acids is 1. The molecule has 0 radical (unpaired) electrons. The SMILES string of the molecule is CCCOc1c(Cl)cc(CN(C)CC(=O)O)cc1OCC. The third-order valence-corrected chi connectivity index (χ3v) is 2.96. The molecular formula is C15H22ClNO4. The first-order valence-electron chi connectivity index (χ1n) is 6.96. The summed E-state index contributed by atoms with van der Waals surface area (Å²) in [6, 6.07) is 3.63. The Balaban J connectivity index is 2.94. The third-order valence-electron chi connectivity index (χ3n) is 2.68. The van der Waals surface area contributed by atoms with Gasteiger partial charge in [0.25, 0.3) is 0 Å². The molecule has 0 atom stereocenters. The van der Waals surface area contributed by atoms with Gasteiger partial charge < -0.3 is 14.6 Å². The number of carboxylic acid groups (broad SMARTS) is 1. The van der Waals surface area contributed by atoms with Crippen LogP contribution in [0, 0.1) is 0 Å². The van der Waals surface area contributed by atoms with E-state index in [0.717, 1.165) is 12.0 Å². The molecular weight excluding hydrogens is 294 g/mol. The van der Waals surface area contributed by atoms with Crippen molar-refractivity contribution in [3.05, 3.63) is 22.7 Å². The molecule has 0 unspecified atom stereocenters. The molecule has 0 spiro atoms. The normalized spacial score (nSPS) is 10.7. The Kier molecular flexibility index (Phi) is 7.32. The van der Waals surface area contributed by atoms with Gasteiger partial charge in [-0.15, -0.1) is 0 Å². The number of hydrogen-bond acceptors (Lipinski definition) is 4. The predicted molar refractivity (Wildman–Crippen MR) is 82.4 cm³/mol. The van der Waals surface area contributed by atoms with Crippen molar-refractivity contribution in [2.75, 3.05) is 26.8 Å². The van der Waals surface area contributed by atoms with Crippen molar-refractivity contribution in [3.8, 4) is 11.5 Å². The molecule has 0 aliphatic carbocycles. The number of nitrogens with zero attached hydrogens (tertiary/aromatic N) is 1. The Morgan fingerprint density at radius 2 is 2.05 bits per heavy atom. The second-order valence-corrected chi connectivity index (χ2v) is 5.16. The lowest BCUT2D eigenvalue weighted by molar-refractivity contribution is -0.138. The molecule has 0 aromatic heterocycles. The van der Waals surface area contributed by atoms with Gasteiger partial charge in [-0.1, -0.05) is 18.5 Å². The molecule has 0 saturated carbocycles. The lowest BCUT2D eigenvalue weighted by atomic mass is 10.2. The summed E-state index contributed by atoms with van der Waals surface area (Å²) < 4.78 is 11.2. The molecule has 0 aliphatic heterocycles. The Bertz CT molecular complexity index is 479. The third kappa shape index (κ3) is 5.81. The Hall–Kier alpha value is -1.46. The Morgan fingerprint density at radius 3 is 2.62 bits per heavy atom. The summed E-state index contributed by atoms with van der Waals surface area (Å²) in [5.41, 5.74) is 0.885. The van der Waals surface area contributed by atoms with Crippen LogP contribution in [-0.4, -0.2) is 42.8 Å². The molecule has 1 N–H and O–H groups in total. The number of benzene rings is 1. The summed E-state index contributed by atoms with van der Waals surface area (Å²) in [5.74, 6) is 0.277. The van der Waals surface area contributed by atoms with E-state index in [9.17, 15) is 4.79 Å². The molecule has 6 heteroatoms. The van der Waals surface area contributed by atoms with Crippen molar-refractivity contribution in [1.29, 1.82) is 0 Å². The quantitative estimate of drug-likeness (QED) is 0.759. The second-order valence-electron chi connectivity index (χ2n) is 4.75. The lowest BCUT2D eigenvalue weighted by Gasteiger charge is -2.18. The molecule has 0 fully saturated rings. The number of carbonyl (C=O) groups is 1. The summed E-state index contributed by atoms with van der Waals surface area (Å²) in [6.45, 7) is 5.42. The molecule has 0 saturated heterocycles. The Morgan fingerprint density at radius 1 is 1.33 bits per heavy atom. The number of likely N-dealkylation sites (N-methyl/N-ethyl adjacent to an activating group) is 1. The van der Waals surface area contributed by atoms with Gasteiger partial charge >= 0.3 is 5.97 Å². The molecule has 0 bridgehead atoms. The van der Waals surface area contributed by atoms with Gasteiger partial charge in [-0.05, 0) is 38.1 Å². The standard InChI is InChI=1S/C15H22ClNO4/c1-4-6-21-15-12(16)7-11(8-13(15)20-5-2)9-17(3)10-14(18)19/h7-8H,4-6,9-10H2,1-3H3,(H,18,19). The maximum absolute atomic E-state index is 10.7. The zero-order valence-corrected chi connectivity index (χ0v) is 13.4. The minimum absolute atomic E-state index is 0.0321. The first-order chi connectivity index (χ1) is 9.97. The smallest absolute Gasteiger partial charge is 0.317 e. The highest BCUT2D eigenvalue weighted by molar-refractivity contribution is 6.32. The van der Waals surface area contributed by atoms with Crippen LogP contribution in [0.3, 0.4) is 0 Å². The van der Waals surface area contributed by atoms with E-state index >= 15 is 0 Å². The highest BCUT2D eigenvalue weighted by Crippen LogP contribution is 2.37. The molecule has 5 nitrogen and oxygen atoms in total. The van der Waals surface area contributed by atoms with E-state index in [2.05, 4.69) is 0 Å². The van der Waals surface area contributed by atoms with Gasteiger partial charge in [0.05, 0.1) is 24.8 Å². The molecule has 118 valence electrons. The number of rotatable bonds is 9. The van der Waals surface area contributed by atoms with Gasteiger partial charge in [0.15, 0.2) is 11.5 Å². The largest absolute Gasteiger partial charge is 0.490 e. The van der Waals surface area contributed by atoms with Crippen LogP contribution in [0.15, 0.2) is 12.1 Å². The summed E-state index contributed by atoms with van der Waals surface area (Å²) in [4.78, 5) is 12.4. The molecule has 1 aromatic carbocycles. The number of aliphatic carboxylic acids is 1. The fourth-order valence-electron chi connectivity index (χ4n) is 1.92. The van der Waals surface area contributed by atoms with E-state index in [1.54, 1.807) is 18.0 Å². The van der Waals surface area contributed by atoms with Crippen molar-refractivity contribution in [1.82, 2.24) is 4.90 Å². The summed E-state index contributed by atoms with van der Waals surface area (Å²) in [5, 5.41) is 9.26. The van der Waals surface area contributed by atoms with Crippen molar-refractivity contribution < 1.29 is 19.4 Å². The summed E-state index contributed by atoms with van der Waals surface area (Å²) in [7, 11) is 1.74. The van der Waals surface area contributed by atoms with Crippen LogP contribution >= 0.6 is 11.6 Å². The minimum atomic E-state index is -0.864. The van der Waals surface area contributed by atoms with Crippen molar-refractivity contribution in [2.45, 2.75) is 26.8 Å². The second kappa shape index (κ2) is 8.74. The highest BCUT2D eigenvalue weighted by atomic mass is 35.5. The van der Waals surface area contributed by atoms with Crippen LogP contribution in [0.4, 0.5) is 0 Å². The van der Waals surface area contributed by atoms with Crippen LogP contribution in [0.25, 0.3) is 0 Å². The van der Waals surface area contributed by atoms with Crippen LogP contribution in [0.5, 0.6) is 11.5 Å². The van der Waals surface area contributed by atoms with E-state index in [0.29, 0.717) is 36.3 Å². The highest BCUT2D eigenvalue weighted by Gasteiger charge is 2.14. The molecule has 0 aliphatic rings. The van der Waals surface area contributed by atoms with Gasteiger partial charge in [0.2, 0.25) is 0 Å². The molecule has 0 amide bonds. The molecule has 1 rings (SSSR count). The Labute approximate surface area is 130 Å². The monoisotopic (exact) mass is 315 g/mol. The zero-order chi connectivity index (χ0) is 15.8. The minimum Gasteiger partial charge on any atom is -0.490 e. The fourth-order valence-corrected chi connectivity index (χ4v) is 2.21. The number of ether oxygens (including phenoxy) is 2. The van der Waals surface area contributed by atoms with Gasteiger partial charge in [0.1, 0.15) is 0 Å². The molecule has 1 aromatic rings. The van der Waals surface area contributed by atoms with E-state index in [1.807, 2.05) is 19.9 Å². The van der Waals surface area contributed by atoms with Gasteiger partial charge in [-0.3, -0.25) is 9.69 Å². The topological polar surface area (TPSA) is 59.0 Å². The lowest BCUT2D eigenvalue weighted by Crippen LogP contribution is -2.25.